The lowest BCUT2D eigenvalue weighted by molar-refractivity contribution is -0.122. The Morgan fingerprint density at radius 2 is 1.54 bits per heavy atom. The summed E-state index contributed by atoms with van der Waals surface area (Å²) in [6.07, 6.45) is 1.42. The molecule has 0 aromatic heterocycles. The van der Waals surface area contributed by atoms with Gasteiger partial charge >= 0.3 is 6.03 Å². The van der Waals surface area contributed by atoms with Gasteiger partial charge in [-0.3, -0.25) is 14.9 Å². The molecule has 7 heteroatoms. The average molecular weight is 380 g/mol. The normalized spacial score (nSPS) is 15.6. The molecular weight excluding hydrogens is 360 g/mol. The number of benzene rings is 2. The molecule has 0 radical (unpaired) electrons. The van der Waals surface area contributed by atoms with E-state index in [9.17, 15) is 14.4 Å². The van der Waals surface area contributed by atoms with Crippen molar-refractivity contribution in [2.24, 2.45) is 0 Å². The van der Waals surface area contributed by atoms with Crippen LogP contribution < -0.4 is 19.7 Å². The lowest BCUT2D eigenvalue weighted by Gasteiger charge is -2.27. The molecule has 4 amide bonds. The number of aryl methyl sites for hydroxylation is 2. The summed E-state index contributed by atoms with van der Waals surface area (Å²) in [6, 6.07) is 9.59. The molecule has 1 saturated heterocycles. The Morgan fingerprint density at radius 1 is 0.893 bits per heavy atom. The second-order valence-electron chi connectivity index (χ2n) is 6.42. The number of rotatable bonds is 4. The van der Waals surface area contributed by atoms with Gasteiger partial charge in [-0.25, -0.2) is 9.69 Å². The van der Waals surface area contributed by atoms with Crippen LogP contribution in [0.5, 0.6) is 11.5 Å². The standard InChI is InChI=1S/C21H20N2O5/c1-12-7-13(2)9-15(8-12)23-20(25)16(19(24)22-21(23)26)10-14-5-6-17(27-3)18(11-14)28-4/h5-11H,1-4H3,(H,22,24,26). The third-order valence-corrected chi connectivity index (χ3v) is 4.28. The molecule has 1 aliphatic rings. The minimum absolute atomic E-state index is 0.147. The number of urea groups is 1. The summed E-state index contributed by atoms with van der Waals surface area (Å²) < 4.78 is 10.4. The molecule has 1 heterocycles. The number of anilines is 1. The van der Waals surface area contributed by atoms with Gasteiger partial charge in [-0.05, 0) is 60.9 Å². The number of nitrogens with one attached hydrogen (secondary N) is 1. The second kappa shape index (κ2) is 7.56. The van der Waals surface area contributed by atoms with Gasteiger partial charge in [-0.15, -0.1) is 0 Å². The number of carbonyl (C=O) groups is 3. The number of imide groups is 2. The molecule has 144 valence electrons. The van der Waals surface area contributed by atoms with Gasteiger partial charge in [0.25, 0.3) is 11.8 Å². The number of methoxy groups -OCH3 is 2. The molecule has 0 spiro atoms. The van der Waals surface area contributed by atoms with E-state index in [0.717, 1.165) is 16.0 Å². The van der Waals surface area contributed by atoms with E-state index < -0.39 is 17.8 Å². The maximum atomic E-state index is 13.0. The Labute approximate surface area is 162 Å². The van der Waals surface area contributed by atoms with Gasteiger partial charge in [0.1, 0.15) is 5.57 Å². The summed E-state index contributed by atoms with van der Waals surface area (Å²) in [5.74, 6) is -0.446. The van der Waals surface area contributed by atoms with E-state index in [2.05, 4.69) is 5.32 Å². The monoisotopic (exact) mass is 380 g/mol. The summed E-state index contributed by atoms with van der Waals surface area (Å²) in [6.45, 7) is 3.74. The number of carbonyl (C=O) groups excluding carboxylic acids is 3. The van der Waals surface area contributed by atoms with E-state index in [0.29, 0.717) is 22.7 Å². The fourth-order valence-electron chi connectivity index (χ4n) is 3.08. The molecule has 7 nitrogen and oxygen atoms in total. The van der Waals surface area contributed by atoms with Crippen LogP contribution in [-0.2, 0) is 9.59 Å². The molecule has 2 aromatic carbocycles. The van der Waals surface area contributed by atoms with Gasteiger partial charge in [0, 0.05) is 0 Å². The highest BCUT2D eigenvalue weighted by atomic mass is 16.5. The highest BCUT2D eigenvalue weighted by molar-refractivity contribution is 6.39. The van der Waals surface area contributed by atoms with Crippen LogP contribution in [0.1, 0.15) is 16.7 Å². The smallest absolute Gasteiger partial charge is 0.335 e. The fraction of sp³-hybridized carbons (Fsp3) is 0.190. The third kappa shape index (κ3) is 3.59. The van der Waals surface area contributed by atoms with Gasteiger partial charge in [-0.2, -0.15) is 0 Å². The minimum Gasteiger partial charge on any atom is -0.493 e. The van der Waals surface area contributed by atoms with Crippen LogP contribution in [0.2, 0.25) is 0 Å². The van der Waals surface area contributed by atoms with Crippen molar-refractivity contribution in [3.8, 4) is 11.5 Å². The number of hydrogen-bond acceptors (Lipinski definition) is 5. The summed E-state index contributed by atoms with van der Waals surface area (Å²) in [5, 5.41) is 2.22. The third-order valence-electron chi connectivity index (χ3n) is 4.28. The SMILES string of the molecule is COc1ccc(C=C2C(=O)NC(=O)N(c3cc(C)cc(C)c3)C2=O)cc1OC. The lowest BCUT2D eigenvalue weighted by atomic mass is 10.1. The van der Waals surface area contributed by atoms with E-state index in [1.165, 1.54) is 20.3 Å². The maximum absolute atomic E-state index is 13.0. The molecule has 1 aliphatic heterocycles. The molecule has 28 heavy (non-hydrogen) atoms. The lowest BCUT2D eigenvalue weighted by Crippen LogP contribution is -2.54. The molecule has 1 N–H and O–H groups in total. The van der Waals surface area contributed by atoms with E-state index in [-0.39, 0.29) is 5.57 Å². The molecule has 0 bridgehead atoms. The van der Waals surface area contributed by atoms with E-state index in [4.69, 9.17) is 9.47 Å². The van der Waals surface area contributed by atoms with Crippen LogP contribution in [0.25, 0.3) is 6.08 Å². The number of ether oxygens (including phenoxy) is 2. The second-order valence-corrected chi connectivity index (χ2v) is 6.42. The first-order valence-corrected chi connectivity index (χ1v) is 8.56. The highest BCUT2D eigenvalue weighted by Crippen LogP contribution is 2.29. The Bertz CT molecular complexity index is 990. The number of amides is 4. The van der Waals surface area contributed by atoms with E-state index in [1.807, 2.05) is 19.9 Å². The largest absolute Gasteiger partial charge is 0.493 e. The molecule has 0 unspecified atom stereocenters. The summed E-state index contributed by atoms with van der Waals surface area (Å²) in [5.41, 5.74) is 2.62. The van der Waals surface area contributed by atoms with Crippen LogP contribution in [0.4, 0.5) is 10.5 Å². The van der Waals surface area contributed by atoms with Gasteiger partial charge in [0.05, 0.1) is 19.9 Å². The topological polar surface area (TPSA) is 84.9 Å². The zero-order valence-corrected chi connectivity index (χ0v) is 16.0. The number of hydrogen-bond donors (Lipinski definition) is 1. The van der Waals surface area contributed by atoms with Gasteiger partial charge in [0.15, 0.2) is 11.5 Å². The highest BCUT2D eigenvalue weighted by Gasteiger charge is 2.37. The average Bonchev–Trinajstić information content (AvgIpc) is 2.64. The van der Waals surface area contributed by atoms with Crippen molar-refractivity contribution < 1.29 is 23.9 Å². The summed E-state index contributed by atoms with van der Waals surface area (Å²) in [4.78, 5) is 38.6. The number of nitrogens with zero attached hydrogens (tertiary/aromatic N) is 1. The first-order chi connectivity index (χ1) is 13.3. The molecule has 0 saturated carbocycles. The van der Waals surface area contributed by atoms with E-state index >= 15 is 0 Å². The Kier molecular flexibility index (Phi) is 5.17. The van der Waals surface area contributed by atoms with Crippen molar-refractivity contribution >= 4 is 29.6 Å². The van der Waals surface area contributed by atoms with Crippen molar-refractivity contribution in [2.75, 3.05) is 19.1 Å². The van der Waals surface area contributed by atoms with Crippen molar-refractivity contribution in [3.05, 3.63) is 58.7 Å². The zero-order chi connectivity index (χ0) is 20.4. The van der Waals surface area contributed by atoms with Crippen molar-refractivity contribution in [2.45, 2.75) is 13.8 Å². The molecule has 3 rings (SSSR count). The van der Waals surface area contributed by atoms with Gasteiger partial charge < -0.3 is 9.47 Å². The predicted octanol–water partition coefficient (Wildman–Crippen LogP) is 2.99. The first kappa shape index (κ1) is 19.2. The van der Waals surface area contributed by atoms with Crippen LogP contribution in [0.3, 0.4) is 0 Å². The quantitative estimate of drug-likeness (QED) is 0.651. The van der Waals surface area contributed by atoms with Crippen LogP contribution in [-0.4, -0.2) is 32.1 Å². The van der Waals surface area contributed by atoms with E-state index in [1.54, 1.807) is 30.3 Å². The molecular formula is C21H20N2O5. The first-order valence-electron chi connectivity index (χ1n) is 8.56. The molecule has 0 aliphatic carbocycles. The van der Waals surface area contributed by atoms with Gasteiger partial charge in [-0.1, -0.05) is 12.1 Å². The molecule has 2 aromatic rings. The minimum atomic E-state index is -0.774. The fourth-order valence-corrected chi connectivity index (χ4v) is 3.08. The van der Waals surface area contributed by atoms with Crippen molar-refractivity contribution in [1.29, 1.82) is 0 Å². The summed E-state index contributed by atoms with van der Waals surface area (Å²) >= 11 is 0. The van der Waals surface area contributed by atoms with Crippen molar-refractivity contribution in [1.82, 2.24) is 5.32 Å². The van der Waals surface area contributed by atoms with Crippen molar-refractivity contribution in [3.63, 3.8) is 0 Å². The van der Waals surface area contributed by atoms with Gasteiger partial charge in [0.2, 0.25) is 0 Å². The predicted molar refractivity (Wildman–Crippen MR) is 104 cm³/mol. The Morgan fingerprint density at radius 3 is 2.14 bits per heavy atom. The maximum Gasteiger partial charge on any atom is 0.335 e. The Hall–Kier alpha value is -3.61. The molecule has 1 fully saturated rings. The van der Waals surface area contributed by atoms with Crippen LogP contribution in [0.15, 0.2) is 42.0 Å². The number of barbiturate groups is 1. The molecule has 0 atom stereocenters. The van der Waals surface area contributed by atoms with Crippen LogP contribution >= 0.6 is 0 Å². The zero-order valence-electron chi connectivity index (χ0n) is 16.0. The van der Waals surface area contributed by atoms with Crippen LogP contribution in [0, 0.1) is 13.8 Å². The summed E-state index contributed by atoms with van der Waals surface area (Å²) in [7, 11) is 3.01. The Balaban J connectivity index is 2.03.